The molecule has 0 bridgehead atoms. The number of aliphatic imine (C=N–C) groups is 1. The second kappa shape index (κ2) is 5.38. The van der Waals surface area contributed by atoms with Crippen molar-refractivity contribution in [2.45, 2.75) is 12.6 Å². The number of pyridine rings is 1. The second-order valence-electron chi connectivity index (χ2n) is 4.68. The summed E-state index contributed by atoms with van der Waals surface area (Å²) in [6.07, 6.45) is 1.73. The van der Waals surface area contributed by atoms with Gasteiger partial charge in [-0.2, -0.15) is 0 Å². The van der Waals surface area contributed by atoms with Crippen LogP contribution in [0.1, 0.15) is 17.2 Å². The fourth-order valence-electron chi connectivity index (χ4n) is 2.41. The lowest BCUT2D eigenvalue weighted by Gasteiger charge is -2.19. The molecule has 1 unspecified atom stereocenters. The number of aromatic nitrogens is 1. The molecule has 0 aliphatic carbocycles. The van der Waals surface area contributed by atoms with Crippen molar-refractivity contribution in [3.05, 3.63) is 59.5 Å². The second-order valence-corrected chi connectivity index (χ2v) is 4.68. The summed E-state index contributed by atoms with van der Waals surface area (Å²) < 4.78 is 13.8. The molecule has 20 heavy (non-hydrogen) atoms. The van der Waals surface area contributed by atoms with Crippen LogP contribution >= 0.6 is 0 Å². The zero-order chi connectivity index (χ0) is 13.9. The van der Waals surface area contributed by atoms with Gasteiger partial charge in [0.15, 0.2) is 0 Å². The van der Waals surface area contributed by atoms with Crippen LogP contribution in [0.3, 0.4) is 0 Å². The quantitative estimate of drug-likeness (QED) is 0.868. The summed E-state index contributed by atoms with van der Waals surface area (Å²) in [6, 6.07) is 10.7. The molecular weight excluding hydrogens is 255 g/mol. The third kappa shape index (κ3) is 2.28. The predicted molar refractivity (Wildman–Crippen MR) is 77.1 cm³/mol. The van der Waals surface area contributed by atoms with E-state index in [0.717, 1.165) is 11.4 Å². The van der Waals surface area contributed by atoms with E-state index >= 15 is 0 Å². The first-order valence-corrected chi connectivity index (χ1v) is 6.44. The van der Waals surface area contributed by atoms with Crippen LogP contribution in [0.15, 0.2) is 47.6 Å². The molecular formula is C15H15FN4. The zero-order valence-corrected chi connectivity index (χ0v) is 11.0. The van der Waals surface area contributed by atoms with Gasteiger partial charge in [-0.1, -0.05) is 24.3 Å². The highest BCUT2D eigenvalue weighted by Gasteiger charge is 2.29. The number of nitrogens with one attached hydrogen (secondary N) is 1. The molecule has 5 heteroatoms. The molecule has 102 valence electrons. The summed E-state index contributed by atoms with van der Waals surface area (Å²) >= 11 is 0. The Labute approximate surface area is 117 Å². The van der Waals surface area contributed by atoms with Gasteiger partial charge in [0.1, 0.15) is 11.6 Å². The number of rotatable bonds is 4. The van der Waals surface area contributed by atoms with E-state index in [1.54, 1.807) is 18.3 Å². The summed E-state index contributed by atoms with van der Waals surface area (Å²) in [5, 5.41) is 1.86. The number of hydrogen-bond acceptors (Lipinski definition) is 4. The van der Waals surface area contributed by atoms with Crippen LogP contribution in [0.5, 0.6) is 0 Å². The molecule has 2 heterocycles. The highest BCUT2D eigenvalue weighted by Crippen LogP contribution is 2.31. The molecule has 0 spiro atoms. The lowest BCUT2D eigenvalue weighted by molar-refractivity contribution is 0.538. The zero-order valence-electron chi connectivity index (χ0n) is 11.0. The summed E-state index contributed by atoms with van der Waals surface area (Å²) in [4.78, 5) is 8.31. The average molecular weight is 270 g/mol. The maximum absolute atomic E-state index is 13.8. The number of anilines is 1. The SMILES string of the molecule is C=NCC1NN(Cc2ccccc2F)c2ncccc21. The van der Waals surface area contributed by atoms with Crippen LogP contribution < -0.4 is 10.4 Å². The number of halogens is 1. The molecule has 1 aliphatic heterocycles. The minimum absolute atomic E-state index is 0.0444. The Bertz CT molecular complexity index is 629. The standard InChI is InChI=1S/C15H15FN4/c1-17-9-14-12-6-4-8-18-15(12)20(19-14)10-11-5-2-3-7-13(11)16/h2-8,14,19H,1,9-10H2. The van der Waals surface area contributed by atoms with Crippen molar-refractivity contribution in [2.75, 3.05) is 11.6 Å². The minimum Gasteiger partial charge on any atom is -0.299 e. The summed E-state index contributed by atoms with van der Waals surface area (Å²) in [6.45, 7) is 4.51. The maximum atomic E-state index is 13.8. The van der Waals surface area contributed by atoms with E-state index in [-0.39, 0.29) is 11.9 Å². The van der Waals surface area contributed by atoms with Crippen LogP contribution in [0.25, 0.3) is 0 Å². The van der Waals surface area contributed by atoms with Crippen LogP contribution in [0.2, 0.25) is 0 Å². The van der Waals surface area contributed by atoms with E-state index in [0.29, 0.717) is 18.7 Å². The van der Waals surface area contributed by atoms with E-state index in [1.807, 2.05) is 23.2 Å². The molecule has 1 N–H and O–H groups in total. The highest BCUT2D eigenvalue weighted by atomic mass is 19.1. The van der Waals surface area contributed by atoms with Crippen LogP contribution in [-0.4, -0.2) is 18.2 Å². The Kier molecular flexibility index (Phi) is 3.43. The molecule has 0 saturated heterocycles. The molecule has 2 aromatic rings. The molecule has 1 aliphatic rings. The van der Waals surface area contributed by atoms with Gasteiger partial charge in [-0.25, -0.2) is 14.8 Å². The van der Waals surface area contributed by atoms with Gasteiger partial charge in [-0.05, 0) is 18.9 Å². The largest absolute Gasteiger partial charge is 0.299 e. The van der Waals surface area contributed by atoms with E-state index in [9.17, 15) is 4.39 Å². The lowest BCUT2D eigenvalue weighted by atomic mass is 10.1. The smallest absolute Gasteiger partial charge is 0.147 e. The Morgan fingerprint density at radius 1 is 1.30 bits per heavy atom. The molecule has 0 radical (unpaired) electrons. The van der Waals surface area contributed by atoms with E-state index in [4.69, 9.17) is 0 Å². The van der Waals surface area contributed by atoms with Crippen molar-refractivity contribution in [3.8, 4) is 0 Å². The van der Waals surface area contributed by atoms with Crippen molar-refractivity contribution in [1.82, 2.24) is 10.4 Å². The summed E-state index contributed by atoms with van der Waals surface area (Å²) in [7, 11) is 0. The van der Waals surface area contributed by atoms with Gasteiger partial charge < -0.3 is 0 Å². The van der Waals surface area contributed by atoms with Crippen LogP contribution in [-0.2, 0) is 6.54 Å². The minimum atomic E-state index is -0.211. The summed E-state index contributed by atoms with van der Waals surface area (Å²) in [5.41, 5.74) is 5.00. The molecule has 0 amide bonds. The Morgan fingerprint density at radius 2 is 2.15 bits per heavy atom. The van der Waals surface area contributed by atoms with Crippen molar-refractivity contribution in [1.29, 1.82) is 0 Å². The van der Waals surface area contributed by atoms with Gasteiger partial charge in [-0.15, -0.1) is 0 Å². The van der Waals surface area contributed by atoms with Gasteiger partial charge in [0, 0.05) is 17.3 Å². The topological polar surface area (TPSA) is 40.5 Å². The van der Waals surface area contributed by atoms with Gasteiger partial charge in [0.2, 0.25) is 0 Å². The molecule has 4 nitrogen and oxygen atoms in total. The number of fused-ring (bicyclic) bond motifs is 1. The average Bonchev–Trinajstić information content (AvgIpc) is 2.81. The summed E-state index contributed by atoms with van der Waals surface area (Å²) in [5.74, 6) is 0.612. The third-order valence-electron chi connectivity index (χ3n) is 3.36. The predicted octanol–water partition coefficient (Wildman–Crippen LogP) is 2.49. The fraction of sp³-hybridized carbons (Fsp3) is 0.200. The van der Waals surface area contributed by atoms with Crippen LogP contribution in [0, 0.1) is 5.82 Å². The maximum Gasteiger partial charge on any atom is 0.147 e. The number of hydrazine groups is 1. The van der Waals surface area contributed by atoms with Crippen molar-refractivity contribution in [3.63, 3.8) is 0 Å². The number of benzene rings is 1. The molecule has 0 fully saturated rings. The Balaban J connectivity index is 1.89. The molecule has 3 rings (SSSR count). The Hall–Kier alpha value is -2.27. The van der Waals surface area contributed by atoms with Gasteiger partial charge in [0.25, 0.3) is 0 Å². The van der Waals surface area contributed by atoms with Gasteiger partial charge in [0.05, 0.1) is 19.1 Å². The molecule has 1 aromatic carbocycles. The van der Waals surface area contributed by atoms with Crippen LogP contribution in [0.4, 0.5) is 10.2 Å². The fourth-order valence-corrected chi connectivity index (χ4v) is 2.41. The normalized spacial score (nSPS) is 17.1. The lowest BCUT2D eigenvalue weighted by Crippen LogP contribution is -2.35. The number of nitrogens with zero attached hydrogens (tertiary/aromatic N) is 3. The molecule has 1 aromatic heterocycles. The van der Waals surface area contributed by atoms with Gasteiger partial charge >= 0.3 is 0 Å². The first-order valence-electron chi connectivity index (χ1n) is 6.44. The monoisotopic (exact) mass is 270 g/mol. The highest BCUT2D eigenvalue weighted by molar-refractivity contribution is 5.52. The van der Waals surface area contributed by atoms with Crippen molar-refractivity contribution >= 4 is 12.5 Å². The van der Waals surface area contributed by atoms with Crippen molar-refractivity contribution < 1.29 is 4.39 Å². The van der Waals surface area contributed by atoms with Gasteiger partial charge in [-0.3, -0.25) is 10.0 Å². The first kappa shape index (κ1) is 12.7. The number of hydrogen-bond donors (Lipinski definition) is 1. The van der Waals surface area contributed by atoms with Crippen molar-refractivity contribution in [2.24, 2.45) is 4.99 Å². The first-order chi connectivity index (χ1) is 9.79. The Morgan fingerprint density at radius 3 is 2.95 bits per heavy atom. The van der Waals surface area contributed by atoms with E-state index < -0.39 is 0 Å². The van der Waals surface area contributed by atoms with E-state index in [1.165, 1.54) is 6.07 Å². The van der Waals surface area contributed by atoms with E-state index in [2.05, 4.69) is 22.1 Å². The molecule has 0 saturated carbocycles. The third-order valence-corrected chi connectivity index (χ3v) is 3.36. The molecule has 1 atom stereocenters.